The van der Waals surface area contributed by atoms with Crippen molar-refractivity contribution in [1.29, 1.82) is 0 Å². The zero-order valence-corrected chi connectivity index (χ0v) is 24.4. The van der Waals surface area contributed by atoms with Gasteiger partial charge in [0.1, 0.15) is 30.2 Å². The van der Waals surface area contributed by atoms with Crippen molar-refractivity contribution < 1.29 is 29.6 Å². The number of hydrogen-bond donors (Lipinski definition) is 4. The molecule has 1 saturated heterocycles. The van der Waals surface area contributed by atoms with Crippen molar-refractivity contribution in [2.75, 3.05) is 12.4 Å². The lowest BCUT2D eigenvalue weighted by atomic mass is 9.90. The number of ether oxygens (including phenoxy) is 2. The number of thioether (sulfide) groups is 1. The number of aliphatic hydroxyl groups is 3. The Balaban J connectivity index is 1.48. The van der Waals surface area contributed by atoms with Gasteiger partial charge in [0.05, 0.1) is 12.7 Å². The zero-order valence-electron chi connectivity index (χ0n) is 22.8. The molecule has 1 amide bonds. The number of hydrogen-bond acceptors (Lipinski definition) is 7. The molecule has 0 aromatic heterocycles. The van der Waals surface area contributed by atoms with Gasteiger partial charge in [0.15, 0.2) is 0 Å². The van der Waals surface area contributed by atoms with E-state index in [1.165, 1.54) is 11.8 Å². The summed E-state index contributed by atoms with van der Waals surface area (Å²) in [5.41, 5.74) is 3.09. The van der Waals surface area contributed by atoms with Gasteiger partial charge in [0.25, 0.3) is 5.91 Å². The Labute approximate surface area is 244 Å². The molecule has 40 heavy (non-hydrogen) atoms. The maximum Gasteiger partial charge on any atom is 0.251 e. The van der Waals surface area contributed by atoms with Crippen molar-refractivity contribution in [3.8, 4) is 5.75 Å². The van der Waals surface area contributed by atoms with Crippen molar-refractivity contribution in [2.45, 2.75) is 68.6 Å². The van der Waals surface area contributed by atoms with Gasteiger partial charge >= 0.3 is 0 Å². The molecule has 214 valence electrons. The van der Waals surface area contributed by atoms with E-state index >= 15 is 0 Å². The molecule has 4 N–H and O–H groups in total. The molecule has 1 aliphatic heterocycles. The predicted molar refractivity (Wildman–Crippen MR) is 157 cm³/mol. The molecule has 7 nitrogen and oxygen atoms in total. The maximum atomic E-state index is 12.4. The van der Waals surface area contributed by atoms with Crippen LogP contribution in [-0.4, -0.2) is 64.0 Å². The molecule has 0 radical (unpaired) electrons. The largest absolute Gasteiger partial charge is 0.494 e. The Morgan fingerprint density at radius 1 is 1.02 bits per heavy atom. The van der Waals surface area contributed by atoms with Crippen LogP contribution in [0.4, 0.5) is 0 Å². The van der Waals surface area contributed by atoms with Gasteiger partial charge in [-0.1, -0.05) is 41.9 Å². The lowest BCUT2D eigenvalue weighted by Crippen LogP contribution is -2.54. The van der Waals surface area contributed by atoms with E-state index in [2.05, 4.69) is 5.32 Å². The fraction of sp³-hybridized carbons (Fsp3) is 0.387. The number of nitrogens with one attached hydrogen (secondary N) is 1. The number of benzene rings is 3. The van der Waals surface area contributed by atoms with Gasteiger partial charge in [-0.05, 0) is 80.3 Å². The second-order valence-electron chi connectivity index (χ2n) is 10.1. The summed E-state index contributed by atoms with van der Waals surface area (Å²) in [4.78, 5) is 13.2. The number of carbonyl (C=O) groups is 1. The van der Waals surface area contributed by atoms with Crippen molar-refractivity contribution in [1.82, 2.24) is 5.32 Å². The summed E-state index contributed by atoms with van der Waals surface area (Å²) in [5.74, 6) is 0.948. The highest BCUT2D eigenvalue weighted by Gasteiger charge is 2.44. The first kappa shape index (κ1) is 30.4. The Morgan fingerprint density at radius 2 is 1.77 bits per heavy atom. The average molecular weight is 586 g/mol. The van der Waals surface area contributed by atoms with Crippen molar-refractivity contribution in [3.63, 3.8) is 0 Å². The van der Waals surface area contributed by atoms with E-state index in [0.717, 1.165) is 21.8 Å². The van der Waals surface area contributed by atoms with E-state index < -0.39 is 30.5 Å². The Bertz CT molecular complexity index is 1290. The third-order valence-corrected chi connectivity index (χ3v) is 8.12. The second kappa shape index (κ2) is 13.9. The van der Waals surface area contributed by atoms with E-state index in [1.807, 2.05) is 57.2 Å². The number of halogens is 1. The molecule has 1 fully saturated rings. The molecule has 5 atom stereocenters. The zero-order chi connectivity index (χ0) is 28.8. The minimum Gasteiger partial charge on any atom is -0.494 e. The Hall–Kier alpha value is -2.59. The highest BCUT2D eigenvalue weighted by Crippen LogP contribution is 2.36. The van der Waals surface area contributed by atoms with Crippen LogP contribution in [0.1, 0.15) is 53.9 Å². The van der Waals surface area contributed by atoms with Crippen molar-refractivity contribution >= 4 is 29.3 Å². The molecule has 0 unspecified atom stereocenters. The monoisotopic (exact) mass is 585 g/mol. The van der Waals surface area contributed by atoms with Crippen LogP contribution < -0.4 is 10.1 Å². The number of carbonyl (C=O) groups excluding carboxylic acids is 1. The van der Waals surface area contributed by atoms with Crippen LogP contribution in [0.25, 0.3) is 0 Å². The molecular weight excluding hydrogens is 550 g/mol. The Morgan fingerprint density at radius 3 is 2.48 bits per heavy atom. The van der Waals surface area contributed by atoms with Crippen LogP contribution in [-0.2, 0) is 11.2 Å². The van der Waals surface area contributed by atoms with Crippen LogP contribution in [0.3, 0.4) is 0 Å². The lowest BCUT2D eigenvalue weighted by Gasteiger charge is -2.41. The highest BCUT2D eigenvalue weighted by atomic mass is 35.5. The molecule has 0 aliphatic carbocycles. The summed E-state index contributed by atoms with van der Waals surface area (Å²) < 4.78 is 11.7. The molecule has 1 aliphatic rings. The number of rotatable bonds is 10. The maximum absolute atomic E-state index is 12.4. The number of aliphatic hydroxyl groups excluding tert-OH is 3. The minimum atomic E-state index is -1.39. The number of amides is 1. The van der Waals surface area contributed by atoms with Crippen LogP contribution in [0.2, 0.25) is 5.02 Å². The first-order valence-corrected chi connectivity index (χ1v) is 14.8. The van der Waals surface area contributed by atoms with Crippen molar-refractivity contribution in [2.24, 2.45) is 0 Å². The van der Waals surface area contributed by atoms with Gasteiger partial charge in [-0.2, -0.15) is 0 Å². The summed E-state index contributed by atoms with van der Waals surface area (Å²) in [6.45, 7) is 6.33. The lowest BCUT2D eigenvalue weighted by molar-refractivity contribution is -0.218. The van der Waals surface area contributed by atoms with Crippen LogP contribution in [0, 0.1) is 0 Å². The van der Waals surface area contributed by atoms with Crippen molar-refractivity contribution in [3.05, 3.63) is 94.0 Å². The normalized spacial score (nSPS) is 22.8. The third-order valence-electron chi connectivity index (χ3n) is 6.67. The van der Waals surface area contributed by atoms with E-state index in [4.69, 9.17) is 21.1 Å². The van der Waals surface area contributed by atoms with Gasteiger partial charge in [0.2, 0.25) is 0 Å². The summed E-state index contributed by atoms with van der Waals surface area (Å²) in [6, 6.07) is 20.4. The second-order valence-corrected chi connectivity index (χ2v) is 11.6. The fourth-order valence-corrected chi connectivity index (χ4v) is 5.81. The highest BCUT2D eigenvalue weighted by molar-refractivity contribution is 7.99. The molecule has 3 aromatic carbocycles. The van der Waals surface area contributed by atoms with E-state index in [0.29, 0.717) is 34.9 Å². The summed E-state index contributed by atoms with van der Waals surface area (Å²) in [6.07, 6.45) is -5.04. The van der Waals surface area contributed by atoms with Gasteiger partial charge in [-0.3, -0.25) is 4.79 Å². The predicted octanol–water partition coefficient (Wildman–Crippen LogP) is 4.78. The van der Waals surface area contributed by atoms with E-state index in [9.17, 15) is 20.1 Å². The molecule has 0 spiro atoms. The van der Waals surface area contributed by atoms with E-state index in [-0.39, 0.29) is 11.9 Å². The molecule has 0 saturated carbocycles. The standard InChI is InChI=1S/C31H36ClNO6S/c1-4-38-23-11-8-19(9-12-23)14-22-15-20(10-13-25(22)32)30-29(36)28(35)27(34)26(39-30)17-40-24-7-5-6-21(16-24)31(37)33-18(2)3/h5-13,15-16,18,26-30,34-36H,4,14,17H2,1-3H3,(H,33,37)/t26-,27-,28+,29-,30+/m1/s1. The first-order valence-electron chi connectivity index (χ1n) is 13.4. The third kappa shape index (κ3) is 7.57. The van der Waals surface area contributed by atoms with Crippen LogP contribution in [0.15, 0.2) is 71.6 Å². The quantitative estimate of drug-likeness (QED) is 0.254. The Kier molecular flexibility index (Phi) is 10.5. The summed E-state index contributed by atoms with van der Waals surface area (Å²) in [7, 11) is 0. The average Bonchev–Trinajstić information content (AvgIpc) is 2.94. The summed E-state index contributed by atoms with van der Waals surface area (Å²) in [5, 5.41) is 35.7. The molecule has 3 aromatic rings. The molecule has 4 rings (SSSR count). The van der Waals surface area contributed by atoms with Crippen LogP contribution >= 0.6 is 23.4 Å². The molecule has 0 bridgehead atoms. The molecule has 9 heteroatoms. The van der Waals surface area contributed by atoms with Gasteiger partial charge in [0, 0.05) is 27.3 Å². The molecule has 1 heterocycles. The summed E-state index contributed by atoms with van der Waals surface area (Å²) >= 11 is 7.92. The fourth-order valence-electron chi connectivity index (χ4n) is 4.61. The minimum absolute atomic E-state index is 0.0220. The smallest absolute Gasteiger partial charge is 0.251 e. The van der Waals surface area contributed by atoms with Crippen LogP contribution in [0.5, 0.6) is 5.75 Å². The van der Waals surface area contributed by atoms with Gasteiger partial charge in [-0.25, -0.2) is 0 Å². The van der Waals surface area contributed by atoms with Gasteiger partial charge < -0.3 is 30.1 Å². The topological polar surface area (TPSA) is 108 Å². The van der Waals surface area contributed by atoms with E-state index in [1.54, 1.807) is 30.3 Å². The SMILES string of the molecule is CCOc1ccc(Cc2cc([C@@H]3O[C@H](CSc4cccc(C(=O)NC(C)C)c4)[C@@H](O)[C@H](O)[C@H]3O)ccc2Cl)cc1. The van der Waals surface area contributed by atoms with Gasteiger partial charge in [-0.15, -0.1) is 11.8 Å². The first-order chi connectivity index (χ1) is 19.2. The molecular formula is C31H36ClNO6S.